The number of hydrogen-bond donors (Lipinski definition) is 0. The highest BCUT2D eigenvalue weighted by Crippen LogP contribution is 2.20. The van der Waals surface area contributed by atoms with E-state index >= 15 is 0 Å². The molecule has 1 aromatic heterocycles. The maximum absolute atomic E-state index is 12.3. The average Bonchev–Trinajstić information content (AvgIpc) is 3.21. The van der Waals surface area contributed by atoms with Crippen LogP contribution in [0.3, 0.4) is 0 Å². The van der Waals surface area contributed by atoms with Gasteiger partial charge in [0, 0.05) is 5.56 Å². The van der Waals surface area contributed by atoms with E-state index in [1.807, 2.05) is 36.6 Å². The number of rotatable bonds is 11. The van der Waals surface area contributed by atoms with E-state index < -0.39 is 0 Å². The topological polar surface area (TPSA) is 43.4 Å². The quantitative estimate of drug-likeness (QED) is 0.276. The number of ether oxygens (including phenoxy) is 1. The number of carbonyl (C=O) groups is 2. The Morgan fingerprint density at radius 1 is 1.00 bits per heavy atom. The standard InChI is InChI=1S/C22H28O3S/c1-3-4-5-6-7-8-15-25-22(24)17(2)18-11-13-19(14-12-18)21(23)20-10-9-16-26-20/h9-14,16-17H,3-8,15H2,1-2H3/t17-/m0/s1. The molecule has 0 bridgehead atoms. The molecule has 0 N–H and O–H groups in total. The Labute approximate surface area is 160 Å². The van der Waals surface area contributed by atoms with Crippen molar-refractivity contribution in [2.24, 2.45) is 0 Å². The lowest BCUT2D eigenvalue weighted by Gasteiger charge is -2.12. The number of hydrogen-bond acceptors (Lipinski definition) is 4. The van der Waals surface area contributed by atoms with Crippen molar-refractivity contribution in [3.8, 4) is 0 Å². The largest absolute Gasteiger partial charge is 0.465 e. The van der Waals surface area contributed by atoms with Gasteiger partial charge in [0.25, 0.3) is 0 Å². The molecule has 0 aliphatic carbocycles. The Kier molecular flexibility index (Phi) is 8.56. The molecule has 140 valence electrons. The fourth-order valence-corrected chi connectivity index (χ4v) is 3.48. The summed E-state index contributed by atoms with van der Waals surface area (Å²) in [6.45, 7) is 4.54. The van der Waals surface area contributed by atoms with Gasteiger partial charge in [-0.25, -0.2) is 0 Å². The fourth-order valence-electron chi connectivity index (χ4n) is 2.79. The summed E-state index contributed by atoms with van der Waals surface area (Å²) in [5.74, 6) is -0.498. The zero-order valence-corrected chi connectivity index (χ0v) is 16.5. The maximum atomic E-state index is 12.3. The van der Waals surface area contributed by atoms with Gasteiger partial charge < -0.3 is 4.74 Å². The van der Waals surface area contributed by atoms with Crippen LogP contribution < -0.4 is 0 Å². The Morgan fingerprint density at radius 3 is 2.35 bits per heavy atom. The third kappa shape index (κ3) is 6.10. The Bertz CT molecular complexity index is 674. The van der Waals surface area contributed by atoms with Gasteiger partial charge in [-0.05, 0) is 30.4 Å². The first-order valence-electron chi connectivity index (χ1n) is 9.48. The van der Waals surface area contributed by atoms with Crippen molar-refractivity contribution in [3.63, 3.8) is 0 Å². The smallest absolute Gasteiger partial charge is 0.313 e. The molecule has 4 heteroatoms. The molecular formula is C22H28O3S. The highest BCUT2D eigenvalue weighted by Gasteiger charge is 2.17. The maximum Gasteiger partial charge on any atom is 0.313 e. The van der Waals surface area contributed by atoms with Gasteiger partial charge in [0.2, 0.25) is 5.78 Å². The molecule has 0 aliphatic rings. The van der Waals surface area contributed by atoms with Crippen molar-refractivity contribution in [3.05, 3.63) is 57.8 Å². The Morgan fingerprint density at radius 2 is 1.69 bits per heavy atom. The molecule has 0 amide bonds. The second-order valence-corrected chi connectivity index (χ2v) is 7.53. The van der Waals surface area contributed by atoms with Crippen molar-refractivity contribution < 1.29 is 14.3 Å². The fraction of sp³-hybridized carbons (Fsp3) is 0.455. The zero-order chi connectivity index (χ0) is 18.8. The second kappa shape index (κ2) is 10.9. The van der Waals surface area contributed by atoms with Gasteiger partial charge in [-0.1, -0.05) is 69.4 Å². The van der Waals surface area contributed by atoms with Crippen LogP contribution in [-0.4, -0.2) is 18.4 Å². The van der Waals surface area contributed by atoms with Crippen molar-refractivity contribution in [2.75, 3.05) is 6.61 Å². The molecule has 1 atom stereocenters. The minimum Gasteiger partial charge on any atom is -0.465 e. The van der Waals surface area contributed by atoms with E-state index in [0.717, 1.165) is 23.3 Å². The number of esters is 1. The molecule has 0 saturated heterocycles. The molecule has 0 spiro atoms. The van der Waals surface area contributed by atoms with Crippen LogP contribution in [0.4, 0.5) is 0 Å². The summed E-state index contributed by atoms with van der Waals surface area (Å²) in [6, 6.07) is 11.0. The van der Waals surface area contributed by atoms with E-state index in [4.69, 9.17) is 4.74 Å². The van der Waals surface area contributed by atoms with Crippen LogP contribution in [0.25, 0.3) is 0 Å². The normalized spacial score (nSPS) is 11.9. The lowest BCUT2D eigenvalue weighted by molar-refractivity contribution is -0.145. The summed E-state index contributed by atoms with van der Waals surface area (Å²) in [6.07, 6.45) is 7.03. The van der Waals surface area contributed by atoms with Crippen LogP contribution in [0, 0.1) is 0 Å². The summed E-state index contributed by atoms with van der Waals surface area (Å²) >= 11 is 1.43. The van der Waals surface area contributed by atoms with Crippen LogP contribution in [0.1, 0.15) is 79.1 Å². The predicted molar refractivity (Wildman–Crippen MR) is 107 cm³/mol. The first-order valence-corrected chi connectivity index (χ1v) is 10.4. The number of benzene rings is 1. The Hall–Kier alpha value is -1.94. The van der Waals surface area contributed by atoms with Crippen molar-refractivity contribution in [1.29, 1.82) is 0 Å². The van der Waals surface area contributed by atoms with Gasteiger partial charge in [-0.2, -0.15) is 0 Å². The number of carbonyl (C=O) groups excluding carboxylic acids is 2. The van der Waals surface area contributed by atoms with Crippen LogP contribution in [0.15, 0.2) is 41.8 Å². The molecule has 0 fully saturated rings. The van der Waals surface area contributed by atoms with Crippen LogP contribution in [0.5, 0.6) is 0 Å². The lowest BCUT2D eigenvalue weighted by atomic mass is 9.98. The predicted octanol–water partition coefficient (Wildman–Crippen LogP) is 5.99. The lowest BCUT2D eigenvalue weighted by Crippen LogP contribution is -2.14. The molecular weight excluding hydrogens is 344 g/mol. The van der Waals surface area contributed by atoms with Crippen LogP contribution in [0.2, 0.25) is 0 Å². The molecule has 0 unspecified atom stereocenters. The highest BCUT2D eigenvalue weighted by molar-refractivity contribution is 7.12. The van der Waals surface area contributed by atoms with Gasteiger partial charge in [-0.3, -0.25) is 9.59 Å². The van der Waals surface area contributed by atoms with Crippen LogP contribution >= 0.6 is 11.3 Å². The first kappa shape index (κ1) is 20.4. The molecule has 1 heterocycles. The molecule has 26 heavy (non-hydrogen) atoms. The third-order valence-electron chi connectivity index (χ3n) is 4.51. The summed E-state index contributed by atoms with van der Waals surface area (Å²) < 4.78 is 5.40. The summed E-state index contributed by atoms with van der Waals surface area (Å²) in [7, 11) is 0. The van der Waals surface area contributed by atoms with Crippen LogP contribution in [-0.2, 0) is 9.53 Å². The minimum atomic E-state index is -0.319. The van der Waals surface area contributed by atoms with Gasteiger partial charge in [-0.15, -0.1) is 11.3 Å². The molecule has 0 saturated carbocycles. The van der Waals surface area contributed by atoms with Crippen molar-refractivity contribution >= 4 is 23.1 Å². The van der Waals surface area contributed by atoms with Gasteiger partial charge in [0.15, 0.2) is 0 Å². The monoisotopic (exact) mass is 372 g/mol. The first-order chi connectivity index (χ1) is 12.6. The van der Waals surface area contributed by atoms with Gasteiger partial charge >= 0.3 is 5.97 Å². The minimum absolute atomic E-state index is 0.0184. The van der Waals surface area contributed by atoms with Gasteiger partial charge in [0.1, 0.15) is 0 Å². The van der Waals surface area contributed by atoms with E-state index in [2.05, 4.69) is 6.92 Å². The molecule has 3 nitrogen and oxygen atoms in total. The summed E-state index contributed by atoms with van der Waals surface area (Å²) in [5, 5.41) is 1.89. The Balaban J connectivity index is 1.78. The van der Waals surface area contributed by atoms with Gasteiger partial charge in [0.05, 0.1) is 17.4 Å². The summed E-state index contributed by atoms with van der Waals surface area (Å²) in [5.41, 5.74) is 1.52. The highest BCUT2D eigenvalue weighted by atomic mass is 32.1. The van der Waals surface area contributed by atoms with Crippen molar-refractivity contribution in [2.45, 2.75) is 58.3 Å². The van der Waals surface area contributed by atoms with E-state index in [0.29, 0.717) is 12.2 Å². The molecule has 1 aromatic carbocycles. The number of ketones is 1. The number of unbranched alkanes of at least 4 members (excludes halogenated alkanes) is 5. The van der Waals surface area contributed by atoms with Crippen molar-refractivity contribution in [1.82, 2.24) is 0 Å². The molecule has 0 radical (unpaired) electrons. The molecule has 0 aliphatic heterocycles. The second-order valence-electron chi connectivity index (χ2n) is 6.59. The third-order valence-corrected chi connectivity index (χ3v) is 5.38. The molecule has 2 aromatic rings. The average molecular weight is 373 g/mol. The van der Waals surface area contributed by atoms with E-state index in [9.17, 15) is 9.59 Å². The molecule has 2 rings (SSSR count). The van der Waals surface area contributed by atoms with E-state index in [-0.39, 0.29) is 17.7 Å². The van der Waals surface area contributed by atoms with E-state index in [1.165, 1.54) is 37.0 Å². The number of thiophene rings is 1. The SMILES string of the molecule is CCCCCCCCOC(=O)[C@@H](C)c1ccc(C(=O)c2cccs2)cc1. The zero-order valence-electron chi connectivity index (χ0n) is 15.7. The summed E-state index contributed by atoms with van der Waals surface area (Å²) in [4.78, 5) is 25.2. The van der Waals surface area contributed by atoms with E-state index in [1.54, 1.807) is 12.1 Å².